The Morgan fingerprint density at radius 3 is 2.51 bits per heavy atom. The minimum Gasteiger partial charge on any atom is -0.336 e. The standard InChI is InChI=1S/C28H28N4O2S/c1-21-7-5-8-22(17-21)18-32-12-6-11-25(28(32)34)27(33)31-15-13-30(14-16-31)19-24-20-35-26(29-24)23-9-3-2-4-10-23/h2-12,17,20H,13-16,18-19H2,1H3. The van der Waals surface area contributed by atoms with E-state index in [2.05, 4.69) is 28.5 Å². The third-order valence-electron chi connectivity index (χ3n) is 6.30. The van der Waals surface area contributed by atoms with Crippen LogP contribution in [0, 0.1) is 6.92 Å². The molecule has 6 nitrogen and oxygen atoms in total. The van der Waals surface area contributed by atoms with Gasteiger partial charge in [-0.05, 0) is 24.6 Å². The van der Waals surface area contributed by atoms with E-state index in [0.29, 0.717) is 19.6 Å². The lowest BCUT2D eigenvalue weighted by molar-refractivity contribution is 0.0625. The lowest BCUT2D eigenvalue weighted by Crippen LogP contribution is -2.49. The van der Waals surface area contributed by atoms with Crippen molar-refractivity contribution in [1.82, 2.24) is 19.4 Å². The molecule has 0 radical (unpaired) electrons. The van der Waals surface area contributed by atoms with Crippen molar-refractivity contribution < 1.29 is 4.79 Å². The van der Waals surface area contributed by atoms with E-state index >= 15 is 0 Å². The van der Waals surface area contributed by atoms with Crippen LogP contribution in [0.25, 0.3) is 10.6 Å². The van der Waals surface area contributed by atoms with Crippen molar-refractivity contribution in [2.24, 2.45) is 0 Å². The normalized spacial score (nSPS) is 14.3. The zero-order valence-corrected chi connectivity index (χ0v) is 20.6. The van der Waals surface area contributed by atoms with Gasteiger partial charge in [-0.3, -0.25) is 14.5 Å². The maximum absolute atomic E-state index is 13.2. The minimum absolute atomic E-state index is 0.187. The predicted octanol–water partition coefficient (Wildman–Crippen LogP) is 4.29. The van der Waals surface area contributed by atoms with Crippen molar-refractivity contribution in [2.75, 3.05) is 26.2 Å². The fourth-order valence-corrected chi connectivity index (χ4v) is 5.25. The number of hydrogen-bond donors (Lipinski definition) is 0. The van der Waals surface area contributed by atoms with E-state index in [1.165, 1.54) is 0 Å². The van der Waals surface area contributed by atoms with Crippen LogP contribution in [0.3, 0.4) is 0 Å². The van der Waals surface area contributed by atoms with Gasteiger partial charge in [-0.1, -0.05) is 60.2 Å². The molecule has 0 aliphatic carbocycles. The van der Waals surface area contributed by atoms with Gasteiger partial charge in [0.1, 0.15) is 10.6 Å². The molecule has 0 spiro atoms. The first kappa shape index (κ1) is 23.2. The molecule has 2 aromatic carbocycles. The molecule has 3 heterocycles. The van der Waals surface area contributed by atoms with Gasteiger partial charge in [0.05, 0.1) is 12.2 Å². The first-order valence-corrected chi connectivity index (χ1v) is 12.7. The third kappa shape index (κ3) is 5.42. The van der Waals surface area contributed by atoms with E-state index in [9.17, 15) is 9.59 Å². The number of aryl methyl sites for hydroxylation is 1. The van der Waals surface area contributed by atoms with Crippen molar-refractivity contribution >= 4 is 17.2 Å². The molecule has 0 atom stereocenters. The Kier molecular flexibility index (Phi) is 6.88. The number of pyridine rings is 1. The maximum atomic E-state index is 13.2. The molecule has 4 aromatic rings. The van der Waals surface area contributed by atoms with Crippen molar-refractivity contribution in [2.45, 2.75) is 20.0 Å². The van der Waals surface area contributed by atoms with Crippen molar-refractivity contribution in [3.05, 3.63) is 111 Å². The molecule has 1 fully saturated rings. The molecule has 0 N–H and O–H groups in total. The summed E-state index contributed by atoms with van der Waals surface area (Å²) < 4.78 is 1.62. The van der Waals surface area contributed by atoms with Crippen LogP contribution < -0.4 is 5.56 Å². The van der Waals surface area contributed by atoms with Crippen molar-refractivity contribution in [1.29, 1.82) is 0 Å². The average Bonchev–Trinajstić information content (AvgIpc) is 3.34. The topological polar surface area (TPSA) is 58.4 Å². The number of benzene rings is 2. The van der Waals surface area contributed by atoms with Gasteiger partial charge in [0.2, 0.25) is 0 Å². The Hall–Kier alpha value is -3.55. The van der Waals surface area contributed by atoms with Gasteiger partial charge in [0.15, 0.2) is 0 Å². The fourth-order valence-electron chi connectivity index (χ4n) is 4.43. The summed E-state index contributed by atoms with van der Waals surface area (Å²) in [7, 11) is 0. The van der Waals surface area contributed by atoms with Crippen LogP contribution >= 0.6 is 11.3 Å². The molecule has 178 valence electrons. The molecule has 1 aliphatic rings. The first-order valence-electron chi connectivity index (χ1n) is 11.8. The molecule has 7 heteroatoms. The summed E-state index contributed by atoms with van der Waals surface area (Å²) in [6.07, 6.45) is 1.75. The molecular weight excluding hydrogens is 456 g/mol. The number of piperazine rings is 1. The zero-order valence-electron chi connectivity index (χ0n) is 19.8. The molecule has 0 bridgehead atoms. The highest BCUT2D eigenvalue weighted by atomic mass is 32.1. The lowest BCUT2D eigenvalue weighted by atomic mass is 10.1. The number of carbonyl (C=O) groups is 1. The monoisotopic (exact) mass is 484 g/mol. The molecule has 1 amide bonds. The predicted molar refractivity (Wildman–Crippen MR) is 140 cm³/mol. The molecule has 5 rings (SSSR count). The SMILES string of the molecule is Cc1cccc(Cn2cccc(C(=O)N3CCN(Cc4csc(-c5ccccc5)n4)CC3)c2=O)c1. The molecule has 1 aliphatic heterocycles. The number of aromatic nitrogens is 2. The van der Waals surface area contributed by atoms with E-state index in [1.54, 1.807) is 39.1 Å². The van der Waals surface area contributed by atoms with E-state index in [0.717, 1.165) is 47.0 Å². The van der Waals surface area contributed by atoms with Crippen LogP contribution in [0.2, 0.25) is 0 Å². The number of nitrogens with zero attached hydrogens (tertiary/aromatic N) is 4. The lowest BCUT2D eigenvalue weighted by Gasteiger charge is -2.34. The maximum Gasteiger partial charge on any atom is 0.263 e. The van der Waals surface area contributed by atoms with Gasteiger partial charge in [-0.25, -0.2) is 4.98 Å². The Balaban J connectivity index is 1.20. The van der Waals surface area contributed by atoms with E-state index in [-0.39, 0.29) is 17.0 Å². The number of rotatable bonds is 6. The largest absolute Gasteiger partial charge is 0.336 e. The van der Waals surface area contributed by atoms with Crippen LogP contribution in [0.15, 0.2) is 83.1 Å². The molecular formula is C28H28N4O2S. The minimum atomic E-state index is -0.239. The highest BCUT2D eigenvalue weighted by Crippen LogP contribution is 2.24. The summed E-state index contributed by atoms with van der Waals surface area (Å²) in [6.45, 7) is 5.96. The van der Waals surface area contributed by atoms with Crippen LogP contribution in [0.5, 0.6) is 0 Å². The Morgan fingerprint density at radius 2 is 1.74 bits per heavy atom. The van der Waals surface area contributed by atoms with Gasteiger partial charge >= 0.3 is 0 Å². The molecule has 1 saturated heterocycles. The summed E-state index contributed by atoms with van der Waals surface area (Å²) in [5.41, 5.74) is 4.38. The van der Waals surface area contributed by atoms with Gasteiger partial charge in [-0.15, -0.1) is 11.3 Å². The van der Waals surface area contributed by atoms with Gasteiger partial charge < -0.3 is 9.47 Å². The third-order valence-corrected chi connectivity index (χ3v) is 7.24. The molecule has 0 saturated carbocycles. The van der Waals surface area contributed by atoms with E-state index < -0.39 is 0 Å². The van der Waals surface area contributed by atoms with Gasteiger partial charge in [-0.2, -0.15) is 0 Å². The van der Waals surface area contributed by atoms with Gasteiger partial charge in [0, 0.05) is 49.9 Å². The summed E-state index contributed by atoms with van der Waals surface area (Å²) in [6, 6.07) is 21.7. The number of amides is 1. The Bertz CT molecular complexity index is 1370. The van der Waals surface area contributed by atoms with Crippen LogP contribution in [-0.4, -0.2) is 51.4 Å². The van der Waals surface area contributed by atoms with E-state index in [1.807, 2.05) is 43.3 Å². The molecule has 0 unspecified atom stereocenters. The Labute approximate surface area is 209 Å². The molecule has 35 heavy (non-hydrogen) atoms. The summed E-state index contributed by atoms with van der Waals surface area (Å²) >= 11 is 1.66. The highest BCUT2D eigenvalue weighted by molar-refractivity contribution is 7.13. The second-order valence-corrected chi connectivity index (χ2v) is 9.78. The first-order chi connectivity index (χ1) is 17.1. The highest BCUT2D eigenvalue weighted by Gasteiger charge is 2.24. The van der Waals surface area contributed by atoms with E-state index in [4.69, 9.17) is 4.98 Å². The number of hydrogen-bond acceptors (Lipinski definition) is 5. The average molecular weight is 485 g/mol. The smallest absolute Gasteiger partial charge is 0.263 e. The van der Waals surface area contributed by atoms with Crippen LogP contribution in [0.1, 0.15) is 27.2 Å². The second kappa shape index (κ2) is 10.4. The van der Waals surface area contributed by atoms with Gasteiger partial charge in [0.25, 0.3) is 11.5 Å². The summed E-state index contributed by atoms with van der Waals surface area (Å²) in [5, 5.41) is 3.14. The molecule has 2 aromatic heterocycles. The van der Waals surface area contributed by atoms with Crippen LogP contribution in [0.4, 0.5) is 0 Å². The summed E-state index contributed by atoms with van der Waals surface area (Å²) in [4.78, 5) is 35.1. The number of thiazole rings is 1. The van der Waals surface area contributed by atoms with Crippen molar-refractivity contribution in [3.8, 4) is 10.6 Å². The number of carbonyl (C=O) groups excluding carboxylic acids is 1. The summed E-state index contributed by atoms with van der Waals surface area (Å²) in [5.74, 6) is -0.187. The Morgan fingerprint density at radius 1 is 0.943 bits per heavy atom. The zero-order chi connectivity index (χ0) is 24.2. The second-order valence-electron chi connectivity index (χ2n) is 8.92. The van der Waals surface area contributed by atoms with Crippen LogP contribution in [-0.2, 0) is 13.1 Å². The quantitative estimate of drug-likeness (QED) is 0.410. The fraction of sp³-hybridized carbons (Fsp3) is 0.250. The van der Waals surface area contributed by atoms with Crippen molar-refractivity contribution in [3.63, 3.8) is 0 Å².